The van der Waals surface area contributed by atoms with Gasteiger partial charge in [0.15, 0.2) is 0 Å². The van der Waals surface area contributed by atoms with Crippen molar-refractivity contribution in [2.24, 2.45) is 5.92 Å². The zero-order chi connectivity index (χ0) is 14.1. The van der Waals surface area contributed by atoms with Crippen molar-refractivity contribution in [2.45, 2.75) is 47.0 Å². The van der Waals surface area contributed by atoms with Crippen LogP contribution >= 0.6 is 0 Å². The first-order valence-electron chi connectivity index (χ1n) is 7.49. The van der Waals surface area contributed by atoms with Crippen molar-refractivity contribution >= 4 is 11.8 Å². The molecule has 4 nitrogen and oxygen atoms in total. The lowest BCUT2D eigenvalue weighted by atomic mass is 10.1. The molecule has 0 amide bonds. The Labute approximate surface area is 117 Å². The van der Waals surface area contributed by atoms with Gasteiger partial charge in [-0.15, -0.1) is 0 Å². The molecule has 0 unspecified atom stereocenters. The summed E-state index contributed by atoms with van der Waals surface area (Å²) >= 11 is 0. The van der Waals surface area contributed by atoms with Crippen LogP contribution in [0.4, 0.5) is 11.8 Å². The van der Waals surface area contributed by atoms with Crippen LogP contribution in [0.1, 0.15) is 47.0 Å². The molecule has 0 bridgehead atoms. The predicted molar refractivity (Wildman–Crippen MR) is 82.8 cm³/mol. The Kier molecular flexibility index (Phi) is 7.23. The number of hydrogen-bond acceptors (Lipinski definition) is 4. The molecule has 0 saturated heterocycles. The first-order chi connectivity index (χ1) is 9.17. The molecule has 4 heteroatoms. The molecule has 1 aromatic heterocycles. The maximum atomic E-state index is 4.61. The maximum Gasteiger partial charge on any atom is 0.227 e. The van der Waals surface area contributed by atoms with E-state index in [1.165, 1.54) is 0 Å². The molecule has 0 spiro atoms. The van der Waals surface area contributed by atoms with E-state index in [1.54, 1.807) is 0 Å². The van der Waals surface area contributed by atoms with Gasteiger partial charge in [0, 0.05) is 25.8 Å². The lowest BCUT2D eigenvalue weighted by Gasteiger charge is -2.21. The van der Waals surface area contributed by atoms with Crippen LogP contribution in [0.3, 0.4) is 0 Å². The van der Waals surface area contributed by atoms with Gasteiger partial charge in [-0.05, 0) is 31.2 Å². The van der Waals surface area contributed by atoms with Crippen molar-refractivity contribution in [2.75, 3.05) is 29.9 Å². The largest absolute Gasteiger partial charge is 0.370 e. The van der Waals surface area contributed by atoms with Crippen LogP contribution in [0.15, 0.2) is 12.3 Å². The van der Waals surface area contributed by atoms with Crippen LogP contribution in [0, 0.1) is 5.92 Å². The van der Waals surface area contributed by atoms with Crippen molar-refractivity contribution in [3.05, 3.63) is 12.3 Å². The van der Waals surface area contributed by atoms with Crippen molar-refractivity contribution in [1.29, 1.82) is 0 Å². The minimum atomic E-state index is 0.713. The number of hydrogen-bond donors (Lipinski definition) is 1. The molecular formula is C15H28N4. The molecule has 0 aliphatic carbocycles. The minimum absolute atomic E-state index is 0.713. The van der Waals surface area contributed by atoms with E-state index in [2.05, 4.69) is 47.9 Å². The van der Waals surface area contributed by atoms with Gasteiger partial charge >= 0.3 is 0 Å². The van der Waals surface area contributed by atoms with Crippen LogP contribution in [0.2, 0.25) is 0 Å². The van der Waals surface area contributed by atoms with Crippen molar-refractivity contribution < 1.29 is 0 Å². The molecule has 0 saturated carbocycles. The Morgan fingerprint density at radius 2 is 1.89 bits per heavy atom. The molecule has 1 rings (SSSR count). The fourth-order valence-electron chi connectivity index (χ4n) is 1.94. The summed E-state index contributed by atoms with van der Waals surface area (Å²) in [4.78, 5) is 11.3. The van der Waals surface area contributed by atoms with Gasteiger partial charge in [0.2, 0.25) is 5.95 Å². The summed E-state index contributed by atoms with van der Waals surface area (Å²) in [5.41, 5.74) is 0. The summed E-state index contributed by atoms with van der Waals surface area (Å²) in [7, 11) is 0. The molecule has 0 aliphatic heterocycles. The first-order valence-corrected chi connectivity index (χ1v) is 7.49. The van der Waals surface area contributed by atoms with Crippen LogP contribution in [-0.4, -0.2) is 29.6 Å². The number of nitrogens with one attached hydrogen (secondary N) is 1. The highest BCUT2D eigenvalue weighted by atomic mass is 15.3. The molecule has 0 aliphatic rings. The fraction of sp³-hybridized carbons (Fsp3) is 0.733. The maximum absolute atomic E-state index is 4.61. The lowest BCUT2D eigenvalue weighted by Crippen LogP contribution is -2.27. The van der Waals surface area contributed by atoms with Crippen LogP contribution < -0.4 is 10.2 Å². The molecule has 1 aromatic rings. The van der Waals surface area contributed by atoms with E-state index in [0.717, 1.165) is 50.7 Å². The van der Waals surface area contributed by atoms with E-state index in [1.807, 2.05) is 12.3 Å². The normalized spacial score (nSPS) is 10.8. The van der Waals surface area contributed by atoms with Crippen molar-refractivity contribution in [1.82, 2.24) is 9.97 Å². The quantitative estimate of drug-likeness (QED) is 0.740. The SMILES string of the molecule is CCCN(CCC)c1nccc(NCCC(C)C)n1. The lowest BCUT2D eigenvalue weighted by molar-refractivity contribution is 0.606. The smallest absolute Gasteiger partial charge is 0.227 e. The highest BCUT2D eigenvalue weighted by Gasteiger charge is 2.08. The van der Waals surface area contributed by atoms with Gasteiger partial charge in [0.1, 0.15) is 5.82 Å². The summed E-state index contributed by atoms with van der Waals surface area (Å²) in [5, 5.41) is 3.38. The first kappa shape index (κ1) is 15.7. The number of nitrogens with zero attached hydrogens (tertiary/aromatic N) is 3. The number of rotatable bonds is 9. The van der Waals surface area contributed by atoms with Gasteiger partial charge < -0.3 is 10.2 Å². The third-order valence-electron chi connectivity index (χ3n) is 2.94. The van der Waals surface area contributed by atoms with E-state index >= 15 is 0 Å². The monoisotopic (exact) mass is 264 g/mol. The zero-order valence-electron chi connectivity index (χ0n) is 12.8. The Balaban J connectivity index is 2.63. The minimum Gasteiger partial charge on any atom is -0.370 e. The fourth-order valence-corrected chi connectivity index (χ4v) is 1.94. The second kappa shape index (κ2) is 8.73. The van der Waals surface area contributed by atoms with E-state index in [0.29, 0.717) is 5.92 Å². The van der Waals surface area contributed by atoms with Crippen LogP contribution in [0.25, 0.3) is 0 Å². The highest BCUT2D eigenvalue weighted by molar-refractivity contribution is 5.41. The second-order valence-electron chi connectivity index (χ2n) is 5.34. The van der Waals surface area contributed by atoms with E-state index < -0.39 is 0 Å². The third-order valence-corrected chi connectivity index (χ3v) is 2.94. The second-order valence-corrected chi connectivity index (χ2v) is 5.34. The highest BCUT2D eigenvalue weighted by Crippen LogP contribution is 2.12. The van der Waals surface area contributed by atoms with Gasteiger partial charge in [-0.2, -0.15) is 4.98 Å². The standard InChI is InChI=1S/C15H28N4/c1-5-11-19(12-6-2)15-17-10-8-14(18-15)16-9-7-13(3)4/h8,10,13H,5-7,9,11-12H2,1-4H3,(H,16,17,18). The van der Waals surface area contributed by atoms with Gasteiger partial charge in [0.25, 0.3) is 0 Å². The van der Waals surface area contributed by atoms with E-state index in [-0.39, 0.29) is 0 Å². The average molecular weight is 264 g/mol. The predicted octanol–water partition coefficient (Wildman–Crippen LogP) is 3.56. The molecule has 0 aromatic carbocycles. The molecule has 1 heterocycles. The summed E-state index contributed by atoms with van der Waals surface area (Å²) < 4.78 is 0. The number of aromatic nitrogens is 2. The molecule has 0 atom stereocenters. The van der Waals surface area contributed by atoms with Crippen molar-refractivity contribution in [3.63, 3.8) is 0 Å². The van der Waals surface area contributed by atoms with E-state index in [4.69, 9.17) is 0 Å². The van der Waals surface area contributed by atoms with Crippen LogP contribution in [-0.2, 0) is 0 Å². The Hall–Kier alpha value is -1.32. The Bertz CT molecular complexity index is 346. The molecule has 108 valence electrons. The Morgan fingerprint density at radius 1 is 1.21 bits per heavy atom. The molecular weight excluding hydrogens is 236 g/mol. The van der Waals surface area contributed by atoms with Crippen LogP contribution in [0.5, 0.6) is 0 Å². The third kappa shape index (κ3) is 5.90. The molecule has 0 radical (unpaired) electrons. The summed E-state index contributed by atoms with van der Waals surface area (Å²) in [6, 6.07) is 1.94. The van der Waals surface area contributed by atoms with Gasteiger partial charge in [-0.25, -0.2) is 4.98 Å². The topological polar surface area (TPSA) is 41.1 Å². The molecule has 0 fully saturated rings. The zero-order valence-corrected chi connectivity index (χ0v) is 12.8. The molecule has 19 heavy (non-hydrogen) atoms. The summed E-state index contributed by atoms with van der Waals surface area (Å²) in [5.74, 6) is 2.49. The van der Waals surface area contributed by atoms with Gasteiger partial charge in [0.05, 0.1) is 0 Å². The van der Waals surface area contributed by atoms with Crippen molar-refractivity contribution in [3.8, 4) is 0 Å². The Morgan fingerprint density at radius 3 is 2.47 bits per heavy atom. The summed E-state index contributed by atoms with van der Waals surface area (Å²) in [6.07, 6.45) is 5.24. The van der Waals surface area contributed by atoms with Gasteiger partial charge in [-0.3, -0.25) is 0 Å². The molecule has 1 N–H and O–H groups in total. The van der Waals surface area contributed by atoms with Gasteiger partial charge in [-0.1, -0.05) is 27.7 Å². The average Bonchev–Trinajstić information content (AvgIpc) is 2.38. The number of anilines is 2. The summed E-state index contributed by atoms with van der Waals surface area (Å²) in [6.45, 7) is 11.8. The van der Waals surface area contributed by atoms with E-state index in [9.17, 15) is 0 Å².